The fourth-order valence-electron chi connectivity index (χ4n) is 1.84. The number of benzene rings is 2. The lowest BCUT2D eigenvalue weighted by molar-refractivity contribution is 0.610. The third-order valence-electron chi connectivity index (χ3n) is 2.84. The molecule has 0 amide bonds. The van der Waals surface area contributed by atoms with E-state index in [0.717, 1.165) is 15.6 Å². The maximum absolute atomic E-state index is 13.5. The zero-order chi connectivity index (χ0) is 14.0. The summed E-state index contributed by atoms with van der Waals surface area (Å²) in [5, 5.41) is 0.650. The zero-order valence-corrected chi connectivity index (χ0v) is 13.8. The van der Waals surface area contributed by atoms with Crippen LogP contribution in [0, 0.1) is 5.82 Å². The lowest BCUT2D eigenvalue weighted by Gasteiger charge is -2.15. The van der Waals surface area contributed by atoms with Gasteiger partial charge in [-0.3, -0.25) is 0 Å². The second-order valence-corrected chi connectivity index (χ2v) is 6.31. The first kappa shape index (κ1) is 15.0. The van der Waals surface area contributed by atoms with Crippen molar-refractivity contribution >= 4 is 43.5 Å². The standard InChI is InChI=1S/C14H11Br2ClFN/c15-9-5-4-8(11(17)7-9)6-13(19)10-2-1-3-12(18)14(10)16/h1-5,7,13H,6,19H2. The summed E-state index contributed by atoms with van der Waals surface area (Å²) in [6.07, 6.45) is 0.550. The maximum atomic E-state index is 13.5. The van der Waals surface area contributed by atoms with Gasteiger partial charge in [0, 0.05) is 15.5 Å². The molecule has 5 heteroatoms. The van der Waals surface area contributed by atoms with Crippen LogP contribution in [0.2, 0.25) is 5.02 Å². The van der Waals surface area contributed by atoms with Crippen molar-refractivity contribution in [2.24, 2.45) is 5.73 Å². The maximum Gasteiger partial charge on any atom is 0.137 e. The Morgan fingerprint density at radius 3 is 2.63 bits per heavy atom. The molecule has 0 saturated carbocycles. The van der Waals surface area contributed by atoms with Gasteiger partial charge in [0.05, 0.1) is 4.47 Å². The Kier molecular flexibility index (Phi) is 5.01. The van der Waals surface area contributed by atoms with Crippen molar-refractivity contribution in [3.8, 4) is 0 Å². The predicted octanol–water partition coefficient (Wildman–Crippen LogP) is 5.25. The van der Waals surface area contributed by atoms with Crippen LogP contribution in [0.5, 0.6) is 0 Å². The second-order valence-electron chi connectivity index (χ2n) is 4.19. The average Bonchev–Trinajstić information content (AvgIpc) is 2.36. The van der Waals surface area contributed by atoms with Gasteiger partial charge in [-0.25, -0.2) is 4.39 Å². The minimum Gasteiger partial charge on any atom is -0.324 e. The van der Waals surface area contributed by atoms with Crippen LogP contribution in [0.3, 0.4) is 0 Å². The fraction of sp³-hybridized carbons (Fsp3) is 0.143. The van der Waals surface area contributed by atoms with Gasteiger partial charge in [0.15, 0.2) is 0 Å². The van der Waals surface area contributed by atoms with Crippen molar-refractivity contribution in [1.82, 2.24) is 0 Å². The minimum atomic E-state index is -0.316. The molecule has 0 bridgehead atoms. The summed E-state index contributed by atoms with van der Waals surface area (Å²) in [6.45, 7) is 0. The van der Waals surface area contributed by atoms with Crippen LogP contribution in [0.25, 0.3) is 0 Å². The molecule has 2 aromatic rings. The largest absolute Gasteiger partial charge is 0.324 e. The Balaban J connectivity index is 2.25. The highest BCUT2D eigenvalue weighted by molar-refractivity contribution is 9.10. The smallest absolute Gasteiger partial charge is 0.137 e. The molecule has 1 nitrogen and oxygen atoms in total. The highest BCUT2D eigenvalue weighted by Crippen LogP contribution is 2.29. The van der Waals surface area contributed by atoms with E-state index in [1.807, 2.05) is 24.3 Å². The van der Waals surface area contributed by atoms with Crippen LogP contribution in [-0.2, 0) is 6.42 Å². The Morgan fingerprint density at radius 2 is 1.95 bits per heavy atom. The summed E-state index contributed by atoms with van der Waals surface area (Å²) in [5.74, 6) is -0.310. The third-order valence-corrected chi connectivity index (χ3v) is 4.52. The van der Waals surface area contributed by atoms with Gasteiger partial charge in [-0.2, -0.15) is 0 Å². The number of halogens is 4. The molecule has 100 valence electrons. The van der Waals surface area contributed by atoms with Crippen LogP contribution in [0.4, 0.5) is 4.39 Å². The van der Waals surface area contributed by atoms with Crippen molar-refractivity contribution in [3.05, 3.63) is 67.3 Å². The summed E-state index contributed by atoms with van der Waals surface area (Å²) in [4.78, 5) is 0. The molecule has 0 heterocycles. The predicted molar refractivity (Wildman–Crippen MR) is 83.9 cm³/mol. The van der Waals surface area contributed by atoms with Crippen LogP contribution in [-0.4, -0.2) is 0 Å². The molecule has 19 heavy (non-hydrogen) atoms. The van der Waals surface area contributed by atoms with Gasteiger partial charge < -0.3 is 5.73 Å². The van der Waals surface area contributed by atoms with Crippen LogP contribution >= 0.6 is 43.5 Å². The molecule has 0 saturated heterocycles. The SMILES string of the molecule is NC(Cc1ccc(Br)cc1Cl)c1cccc(F)c1Br. The van der Waals surface area contributed by atoms with E-state index in [0.29, 0.717) is 15.9 Å². The summed E-state index contributed by atoms with van der Waals surface area (Å²) in [5.41, 5.74) is 7.81. The molecule has 0 aromatic heterocycles. The van der Waals surface area contributed by atoms with Crippen molar-refractivity contribution < 1.29 is 4.39 Å². The number of rotatable bonds is 3. The van der Waals surface area contributed by atoms with Crippen molar-refractivity contribution in [2.75, 3.05) is 0 Å². The summed E-state index contributed by atoms with van der Waals surface area (Å²) in [7, 11) is 0. The molecule has 0 radical (unpaired) electrons. The van der Waals surface area contributed by atoms with E-state index in [4.69, 9.17) is 17.3 Å². The molecular formula is C14H11Br2ClFN. The minimum absolute atomic E-state index is 0.310. The fourth-order valence-corrected chi connectivity index (χ4v) is 3.15. The Bertz CT molecular complexity index is 604. The Labute approximate surface area is 133 Å². The molecule has 1 atom stereocenters. The van der Waals surface area contributed by atoms with Crippen LogP contribution in [0.1, 0.15) is 17.2 Å². The molecule has 2 aromatic carbocycles. The molecule has 1 unspecified atom stereocenters. The van der Waals surface area contributed by atoms with Gasteiger partial charge in [-0.15, -0.1) is 0 Å². The first-order chi connectivity index (χ1) is 8.99. The molecule has 0 aliphatic rings. The van der Waals surface area contributed by atoms with E-state index >= 15 is 0 Å². The monoisotopic (exact) mass is 405 g/mol. The quantitative estimate of drug-likeness (QED) is 0.739. The van der Waals surface area contributed by atoms with E-state index in [2.05, 4.69) is 31.9 Å². The topological polar surface area (TPSA) is 26.0 Å². The lowest BCUT2D eigenvalue weighted by atomic mass is 9.99. The van der Waals surface area contributed by atoms with Gasteiger partial charge in [-0.1, -0.05) is 45.7 Å². The van der Waals surface area contributed by atoms with Gasteiger partial charge in [0.2, 0.25) is 0 Å². The van der Waals surface area contributed by atoms with Crippen molar-refractivity contribution in [2.45, 2.75) is 12.5 Å². The highest BCUT2D eigenvalue weighted by atomic mass is 79.9. The molecule has 0 fully saturated rings. The van der Waals surface area contributed by atoms with Crippen molar-refractivity contribution in [1.29, 1.82) is 0 Å². The normalized spacial score (nSPS) is 12.5. The van der Waals surface area contributed by atoms with Gasteiger partial charge in [0.1, 0.15) is 5.82 Å². The Hall–Kier alpha value is -0.420. The molecule has 0 spiro atoms. The highest BCUT2D eigenvalue weighted by Gasteiger charge is 2.14. The van der Waals surface area contributed by atoms with Gasteiger partial charge in [0.25, 0.3) is 0 Å². The molecule has 2 N–H and O–H groups in total. The van der Waals surface area contributed by atoms with Crippen LogP contribution < -0.4 is 5.73 Å². The number of nitrogens with two attached hydrogens (primary N) is 1. The van der Waals surface area contributed by atoms with Crippen LogP contribution in [0.15, 0.2) is 45.3 Å². The van der Waals surface area contributed by atoms with E-state index in [1.54, 1.807) is 6.07 Å². The van der Waals surface area contributed by atoms with E-state index < -0.39 is 0 Å². The average molecular weight is 408 g/mol. The van der Waals surface area contributed by atoms with E-state index in [9.17, 15) is 4.39 Å². The Morgan fingerprint density at radius 1 is 1.21 bits per heavy atom. The van der Waals surface area contributed by atoms with Gasteiger partial charge in [-0.05, 0) is 51.7 Å². The van der Waals surface area contributed by atoms with E-state index in [1.165, 1.54) is 6.07 Å². The summed E-state index contributed by atoms with van der Waals surface area (Å²) in [6, 6.07) is 10.2. The first-order valence-electron chi connectivity index (χ1n) is 5.62. The molecule has 2 rings (SSSR count). The summed E-state index contributed by atoms with van der Waals surface area (Å²) < 4.78 is 14.8. The van der Waals surface area contributed by atoms with E-state index in [-0.39, 0.29) is 11.9 Å². The van der Waals surface area contributed by atoms with Gasteiger partial charge >= 0.3 is 0 Å². The molecule has 0 aliphatic carbocycles. The second kappa shape index (κ2) is 6.35. The zero-order valence-electron chi connectivity index (χ0n) is 9.84. The summed E-state index contributed by atoms with van der Waals surface area (Å²) >= 11 is 12.7. The number of hydrogen-bond donors (Lipinski definition) is 1. The van der Waals surface area contributed by atoms with Crippen molar-refractivity contribution in [3.63, 3.8) is 0 Å². The third kappa shape index (κ3) is 3.57. The molecule has 0 aliphatic heterocycles. The first-order valence-corrected chi connectivity index (χ1v) is 7.59. The lowest BCUT2D eigenvalue weighted by Crippen LogP contribution is -2.14. The molecular weight excluding hydrogens is 396 g/mol. The number of hydrogen-bond acceptors (Lipinski definition) is 1.